The van der Waals surface area contributed by atoms with Crippen LogP contribution in [0, 0.1) is 23.7 Å². The SMILES string of the molecule is CCCC1CCC1C1CCC1CC. The standard InChI is InChI=1S/C13H24/c1-3-5-11-7-9-13(11)12-8-6-10(12)4-2/h10-13H,3-9H2,1-2H3. The molecule has 4 atom stereocenters. The topological polar surface area (TPSA) is 0 Å². The Kier molecular flexibility index (Phi) is 2.96. The van der Waals surface area contributed by atoms with Crippen LogP contribution in [0.2, 0.25) is 0 Å². The molecule has 2 rings (SSSR count). The molecular formula is C13H24. The van der Waals surface area contributed by atoms with E-state index in [1.807, 2.05) is 0 Å². The van der Waals surface area contributed by atoms with Crippen molar-refractivity contribution in [3.05, 3.63) is 0 Å². The van der Waals surface area contributed by atoms with Crippen molar-refractivity contribution in [1.82, 2.24) is 0 Å². The van der Waals surface area contributed by atoms with Crippen molar-refractivity contribution in [1.29, 1.82) is 0 Å². The van der Waals surface area contributed by atoms with Crippen molar-refractivity contribution in [2.75, 3.05) is 0 Å². The zero-order valence-corrected chi connectivity index (χ0v) is 9.26. The first-order valence-corrected chi connectivity index (χ1v) is 6.36. The van der Waals surface area contributed by atoms with Crippen molar-refractivity contribution >= 4 is 0 Å². The van der Waals surface area contributed by atoms with E-state index in [0.29, 0.717) is 0 Å². The predicted molar refractivity (Wildman–Crippen MR) is 57.6 cm³/mol. The zero-order valence-electron chi connectivity index (χ0n) is 9.26. The molecule has 2 fully saturated rings. The summed E-state index contributed by atoms with van der Waals surface area (Å²) in [5.74, 6) is 4.54. The van der Waals surface area contributed by atoms with Gasteiger partial charge in [-0.1, -0.05) is 33.1 Å². The van der Waals surface area contributed by atoms with E-state index in [4.69, 9.17) is 0 Å². The van der Waals surface area contributed by atoms with Gasteiger partial charge in [0.05, 0.1) is 0 Å². The fourth-order valence-electron chi connectivity index (χ4n) is 3.55. The summed E-state index contributed by atoms with van der Waals surface area (Å²) in [6.07, 6.45) is 10.6. The predicted octanol–water partition coefficient (Wildman–Crippen LogP) is 4.25. The molecule has 0 aromatic heterocycles. The first kappa shape index (κ1) is 9.55. The molecule has 2 aliphatic carbocycles. The summed E-state index contributed by atoms with van der Waals surface area (Å²) in [5.41, 5.74) is 0. The lowest BCUT2D eigenvalue weighted by Gasteiger charge is -2.50. The second-order valence-electron chi connectivity index (χ2n) is 5.20. The highest BCUT2D eigenvalue weighted by Gasteiger charge is 2.42. The highest BCUT2D eigenvalue weighted by Crippen LogP contribution is 2.52. The maximum Gasteiger partial charge on any atom is -0.0355 e. The molecule has 0 amide bonds. The molecule has 0 heteroatoms. The van der Waals surface area contributed by atoms with Gasteiger partial charge in [0, 0.05) is 0 Å². The van der Waals surface area contributed by atoms with Crippen molar-refractivity contribution in [2.45, 2.75) is 58.8 Å². The fraction of sp³-hybridized carbons (Fsp3) is 1.00. The summed E-state index contributed by atoms with van der Waals surface area (Å²) < 4.78 is 0. The van der Waals surface area contributed by atoms with E-state index < -0.39 is 0 Å². The molecule has 2 saturated carbocycles. The van der Waals surface area contributed by atoms with E-state index in [0.717, 1.165) is 23.7 Å². The minimum absolute atomic E-state index is 1.12. The van der Waals surface area contributed by atoms with E-state index in [-0.39, 0.29) is 0 Å². The van der Waals surface area contributed by atoms with Gasteiger partial charge in [0.1, 0.15) is 0 Å². The smallest absolute Gasteiger partial charge is 0.0355 e. The molecule has 13 heavy (non-hydrogen) atoms. The monoisotopic (exact) mass is 180 g/mol. The van der Waals surface area contributed by atoms with Crippen LogP contribution in [0.15, 0.2) is 0 Å². The summed E-state index contributed by atoms with van der Waals surface area (Å²) in [5, 5.41) is 0. The Morgan fingerprint density at radius 2 is 1.46 bits per heavy atom. The molecular weight excluding hydrogens is 156 g/mol. The first-order valence-electron chi connectivity index (χ1n) is 6.36. The maximum atomic E-state index is 2.38. The van der Waals surface area contributed by atoms with Crippen molar-refractivity contribution in [3.63, 3.8) is 0 Å². The van der Waals surface area contributed by atoms with Gasteiger partial charge in [-0.3, -0.25) is 0 Å². The number of rotatable bonds is 4. The lowest BCUT2D eigenvalue weighted by atomic mass is 9.55. The maximum absolute atomic E-state index is 2.38. The zero-order chi connectivity index (χ0) is 9.26. The van der Waals surface area contributed by atoms with Gasteiger partial charge >= 0.3 is 0 Å². The van der Waals surface area contributed by atoms with Crippen molar-refractivity contribution < 1.29 is 0 Å². The van der Waals surface area contributed by atoms with Crippen LogP contribution in [0.4, 0.5) is 0 Å². The van der Waals surface area contributed by atoms with Crippen LogP contribution < -0.4 is 0 Å². The van der Waals surface area contributed by atoms with Gasteiger partial charge in [-0.2, -0.15) is 0 Å². The lowest BCUT2D eigenvalue weighted by Crippen LogP contribution is -2.41. The third kappa shape index (κ3) is 1.65. The minimum Gasteiger partial charge on any atom is -0.0654 e. The molecule has 4 unspecified atom stereocenters. The third-order valence-electron chi connectivity index (χ3n) is 4.69. The highest BCUT2D eigenvalue weighted by molar-refractivity contribution is 4.93. The van der Waals surface area contributed by atoms with Crippen molar-refractivity contribution in [2.24, 2.45) is 23.7 Å². The summed E-state index contributed by atoms with van der Waals surface area (Å²) >= 11 is 0. The van der Waals surface area contributed by atoms with E-state index in [2.05, 4.69) is 13.8 Å². The lowest BCUT2D eigenvalue weighted by molar-refractivity contribution is 0.0000837. The van der Waals surface area contributed by atoms with Crippen LogP contribution in [0.3, 0.4) is 0 Å². The van der Waals surface area contributed by atoms with Gasteiger partial charge in [0.25, 0.3) is 0 Å². The van der Waals surface area contributed by atoms with Gasteiger partial charge < -0.3 is 0 Å². The Morgan fingerprint density at radius 3 is 1.85 bits per heavy atom. The molecule has 0 bridgehead atoms. The van der Waals surface area contributed by atoms with Gasteiger partial charge in [-0.15, -0.1) is 0 Å². The number of hydrogen-bond acceptors (Lipinski definition) is 0. The van der Waals surface area contributed by atoms with E-state index >= 15 is 0 Å². The van der Waals surface area contributed by atoms with Gasteiger partial charge in [-0.05, 0) is 49.4 Å². The molecule has 0 aliphatic heterocycles. The normalized spacial score (nSPS) is 43.8. The summed E-state index contributed by atoms with van der Waals surface area (Å²) in [7, 11) is 0. The molecule has 2 aliphatic rings. The molecule has 0 heterocycles. The Hall–Kier alpha value is 0. The van der Waals surface area contributed by atoms with E-state index in [9.17, 15) is 0 Å². The molecule has 0 nitrogen and oxygen atoms in total. The van der Waals surface area contributed by atoms with Crippen LogP contribution in [-0.4, -0.2) is 0 Å². The first-order chi connectivity index (χ1) is 6.36. The second kappa shape index (κ2) is 4.02. The molecule has 0 saturated heterocycles. The molecule has 0 radical (unpaired) electrons. The molecule has 0 aromatic carbocycles. The van der Waals surface area contributed by atoms with Crippen LogP contribution in [0.5, 0.6) is 0 Å². The highest BCUT2D eigenvalue weighted by atomic mass is 14.5. The molecule has 0 spiro atoms. The average molecular weight is 180 g/mol. The Bertz CT molecular complexity index is 159. The second-order valence-corrected chi connectivity index (χ2v) is 5.20. The molecule has 0 N–H and O–H groups in total. The Balaban J connectivity index is 1.80. The van der Waals surface area contributed by atoms with E-state index in [1.54, 1.807) is 19.3 Å². The summed E-state index contributed by atoms with van der Waals surface area (Å²) in [6.45, 7) is 4.72. The van der Waals surface area contributed by atoms with Gasteiger partial charge in [0.15, 0.2) is 0 Å². The Labute approximate surface area is 83.1 Å². The van der Waals surface area contributed by atoms with E-state index in [1.165, 1.54) is 25.7 Å². The van der Waals surface area contributed by atoms with Crippen LogP contribution in [0.1, 0.15) is 58.8 Å². The summed E-state index contributed by atoms with van der Waals surface area (Å²) in [6, 6.07) is 0. The van der Waals surface area contributed by atoms with Crippen LogP contribution in [0.25, 0.3) is 0 Å². The molecule has 0 aromatic rings. The van der Waals surface area contributed by atoms with Crippen molar-refractivity contribution in [3.8, 4) is 0 Å². The van der Waals surface area contributed by atoms with Gasteiger partial charge in [0.2, 0.25) is 0 Å². The van der Waals surface area contributed by atoms with Crippen LogP contribution in [-0.2, 0) is 0 Å². The average Bonchev–Trinajstić information content (AvgIpc) is 2.07. The minimum atomic E-state index is 1.12. The van der Waals surface area contributed by atoms with Gasteiger partial charge in [-0.25, -0.2) is 0 Å². The Morgan fingerprint density at radius 1 is 0.846 bits per heavy atom. The quantitative estimate of drug-likeness (QED) is 0.606. The fourth-order valence-corrected chi connectivity index (χ4v) is 3.55. The number of hydrogen-bond donors (Lipinski definition) is 0. The third-order valence-corrected chi connectivity index (χ3v) is 4.69. The largest absolute Gasteiger partial charge is 0.0654 e. The summed E-state index contributed by atoms with van der Waals surface area (Å²) in [4.78, 5) is 0. The molecule has 76 valence electrons. The van der Waals surface area contributed by atoms with Crippen LogP contribution >= 0.6 is 0 Å².